The number of aliphatic hydroxyl groups excluding tert-OH is 1. The number of rotatable bonds is 3. The normalized spacial score (nSPS) is 17.8. The Morgan fingerprint density at radius 1 is 0.938 bits per heavy atom. The summed E-state index contributed by atoms with van der Waals surface area (Å²) in [5.41, 5.74) is 1.56. The quantitative estimate of drug-likeness (QED) is 0.259. The van der Waals surface area contributed by atoms with Gasteiger partial charge in [-0.25, -0.2) is 0 Å². The summed E-state index contributed by atoms with van der Waals surface area (Å²) in [5.74, 6) is -1.74. The fourth-order valence-corrected chi connectivity index (χ4v) is 4.33. The molecule has 1 fully saturated rings. The van der Waals surface area contributed by atoms with Gasteiger partial charge in [0.2, 0.25) is 0 Å². The Labute approximate surface area is 189 Å². The van der Waals surface area contributed by atoms with Gasteiger partial charge < -0.3 is 5.11 Å². The zero-order valence-electron chi connectivity index (χ0n) is 16.8. The molecule has 1 aliphatic heterocycles. The van der Waals surface area contributed by atoms with E-state index in [1.165, 1.54) is 4.90 Å². The second-order valence-electron chi connectivity index (χ2n) is 7.46. The summed E-state index contributed by atoms with van der Waals surface area (Å²) < 4.78 is 0. The number of ketones is 1. The number of nitrogens with zero attached hydrogens (tertiary/aromatic N) is 2. The van der Waals surface area contributed by atoms with Gasteiger partial charge in [-0.15, -0.1) is 0 Å². The number of halogens is 1. The van der Waals surface area contributed by atoms with Crippen molar-refractivity contribution in [1.82, 2.24) is 4.98 Å². The maximum absolute atomic E-state index is 13.3. The maximum atomic E-state index is 13.3. The van der Waals surface area contributed by atoms with Crippen molar-refractivity contribution in [2.24, 2.45) is 0 Å². The molecule has 1 N–H and O–H groups in total. The van der Waals surface area contributed by atoms with Gasteiger partial charge in [0.05, 0.1) is 17.3 Å². The summed E-state index contributed by atoms with van der Waals surface area (Å²) in [6.45, 7) is 0. The Balaban J connectivity index is 1.78. The number of anilines is 1. The summed E-state index contributed by atoms with van der Waals surface area (Å²) in [5, 5.41) is 13.3. The third-order valence-electron chi connectivity index (χ3n) is 5.57. The molecule has 156 valence electrons. The smallest absolute Gasteiger partial charge is 0.300 e. The van der Waals surface area contributed by atoms with Gasteiger partial charge in [-0.1, -0.05) is 66.2 Å². The largest absolute Gasteiger partial charge is 0.507 e. The molecule has 0 bridgehead atoms. The van der Waals surface area contributed by atoms with Gasteiger partial charge in [0.15, 0.2) is 0 Å². The van der Waals surface area contributed by atoms with Crippen LogP contribution in [0.1, 0.15) is 17.2 Å². The van der Waals surface area contributed by atoms with E-state index in [4.69, 9.17) is 11.6 Å². The van der Waals surface area contributed by atoms with E-state index in [0.717, 1.165) is 10.8 Å². The van der Waals surface area contributed by atoms with E-state index in [1.807, 2.05) is 36.4 Å². The highest BCUT2D eigenvalue weighted by molar-refractivity contribution is 6.52. The van der Waals surface area contributed by atoms with Crippen LogP contribution >= 0.6 is 11.6 Å². The van der Waals surface area contributed by atoms with Crippen LogP contribution in [0.5, 0.6) is 0 Å². The maximum Gasteiger partial charge on any atom is 0.300 e. The van der Waals surface area contributed by atoms with E-state index >= 15 is 0 Å². The minimum absolute atomic E-state index is 0.00167. The number of hydrogen-bond acceptors (Lipinski definition) is 4. The fourth-order valence-electron chi connectivity index (χ4n) is 4.14. The van der Waals surface area contributed by atoms with Gasteiger partial charge in [-0.2, -0.15) is 0 Å². The lowest BCUT2D eigenvalue weighted by atomic mass is 9.96. The zero-order valence-corrected chi connectivity index (χ0v) is 17.5. The Morgan fingerprint density at radius 3 is 2.50 bits per heavy atom. The summed E-state index contributed by atoms with van der Waals surface area (Å²) in [6, 6.07) is 22.5. The predicted octanol–water partition coefficient (Wildman–Crippen LogP) is 5.51. The van der Waals surface area contributed by atoms with Crippen molar-refractivity contribution < 1.29 is 14.7 Å². The molecule has 5 nitrogen and oxygen atoms in total. The fraction of sp³-hybridized carbons (Fsp3) is 0.0385. The Morgan fingerprint density at radius 2 is 1.72 bits per heavy atom. The number of pyridine rings is 1. The van der Waals surface area contributed by atoms with Crippen LogP contribution in [-0.2, 0) is 9.59 Å². The van der Waals surface area contributed by atoms with Crippen LogP contribution < -0.4 is 4.90 Å². The summed E-state index contributed by atoms with van der Waals surface area (Å²) in [6.07, 6.45) is 3.21. The minimum Gasteiger partial charge on any atom is -0.507 e. The number of Topliss-reactive ketones (excluding diaryl/α,β-unsaturated/α-hetero) is 1. The molecule has 1 aliphatic rings. The second kappa shape index (κ2) is 7.94. The molecule has 32 heavy (non-hydrogen) atoms. The van der Waals surface area contributed by atoms with Crippen LogP contribution in [0.2, 0.25) is 5.02 Å². The van der Waals surface area contributed by atoms with Crippen molar-refractivity contribution in [3.05, 3.63) is 113 Å². The second-order valence-corrected chi connectivity index (χ2v) is 7.90. The van der Waals surface area contributed by atoms with Crippen molar-refractivity contribution in [2.45, 2.75) is 6.04 Å². The van der Waals surface area contributed by atoms with E-state index in [1.54, 1.807) is 54.9 Å². The van der Waals surface area contributed by atoms with Gasteiger partial charge in [0.25, 0.3) is 11.7 Å². The predicted molar refractivity (Wildman–Crippen MR) is 124 cm³/mol. The molecule has 4 aromatic rings. The van der Waals surface area contributed by atoms with Crippen LogP contribution in [0.15, 0.2) is 96.8 Å². The Kier molecular flexibility index (Phi) is 4.96. The molecular weight excluding hydrogens is 424 g/mol. The Bertz CT molecular complexity index is 1390. The molecule has 0 saturated carbocycles. The standard InChI is InChI=1S/C26H17ClN2O3/c27-19-10-3-8-17(14-19)24(30)22-23(18-9-5-13-28-15-18)29(26(32)25(22)31)21-12-4-7-16-6-1-2-11-20(16)21/h1-15,23,30H/b24-22+. The van der Waals surface area contributed by atoms with E-state index in [-0.39, 0.29) is 11.3 Å². The summed E-state index contributed by atoms with van der Waals surface area (Å²) in [4.78, 5) is 32.2. The third kappa shape index (κ3) is 3.24. The van der Waals surface area contributed by atoms with Gasteiger partial charge in [-0.05, 0) is 35.2 Å². The molecule has 1 saturated heterocycles. The molecule has 0 aliphatic carbocycles. The van der Waals surface area contributed by atoms with Crippen molar-refractivity contribution in [2.75, 3.05) is 4.90 Å². The summed E-state index contributed by atoms with van der Waals surface area (Å²) in [7, 11) is 0. The molecule has 0 spiro atoms. The Hall–Kier alpha value is -3.96. The van der Waals surface area contributed by atoms with Crippen LogP contribution in [0, 0.1) is 0 Å². The topological polar surface area (TPSA) is 70.5 Å². The number of aromatic nitrogens is 1. The van der Waals surface area contributed by atoms with Gasteiger partial charge in [-0.3, -0.25) is 19.5 Å². The lowest BCUT2D eigenvalue weighted by Crippen LogP contribution is -2.29. The molecule has 1 amide bonds. The molecular formula is C26H17ClN2O3. The van der Waals surface area contributed by atoms with Gasteiger partial charge >= 0.3 is 0 Å². The van der Waals surface area contributed by atoms with Gasteiger partial charge in [0.1, 0.15) is 5.76 Å². The number of aliphatic hydroxyl groups is 1. The van der Waals surface area contributed by atoms with E-state index < -0.39 is 17.7 Å². The van der Waals surface area contributed by atoms with Crippen molar-refractivity contribution in [3.63, 3.8) is 0 Å². The first-order chi connectivity index (χ1) is 15.6. The average molecular weight is 441 g/mol. The highest BCUT2D eigenvalue weighted by Gasteiger charge is 2.47. The number of fused-ring (bicyclic) bond motifs is 1. The molecule has 0 radical (unpaired) electrons. The lowest BCUT2D eigenvalue weighted by Gasteiger charge is -2.26. The lowest BCUT2D eigenvalue weighted by molar-refractivity contribution is -0.132. The van der Waals surface area contributed by atoms with Crippen molar-refractivity contribution in [1.29, 1.82) is 0 Å². The first-order valence-corrected chi connectivity index (χ1v) is 10.4. The first-order valence-electron chi connectivity index (χ1n) is 10.0. The summed E-state index contributed by atoms with van der Waals surface area (Å²) >= 11 is 6.10. The number of amides is 1. The highest BCUT2D eigenvalue weighted by atomic mass is 35.5. The molecule has 1 atom stereocenters. The van der Waals surface area contributed by atoms with Crippen LogP contribution in [0.4, 0.5) is 5.69 Å². The van der Waals surface area contributed by atoms with Gasteiger partial charge in [0, 0.05) is 28.4 Å². The number of benzene rings is 3. The molecule has 5 rings (SSSR count). The van der Waals surface area contributed by atoms with E-state index in [0.29, 0.717) is 21.8 Å². The third-order valence-corrected chi connectivity index (χ3v) is 5.80. The molecule has 1 aromatic heterocycles. The molecule has 3 aromatic carbocycles. The number of carbonyl (C=O) groups is 2. The van der Waals surface area contributed by atoms with Crippen LogP contribution in [0.3, 0.4) is 0 Å². The number of carbonyl (C=O) groups excluding carboxylic acids is 2. The monoisotopic (exact) mass is 440 g/mol. The SMILES string of the molecule is O=C1C(=O)N(c2cccc3ccccc23)C(c2cccnc2)/C1=C(\O)c1cccc(Cl)c1. The van der Waals surface area contributed by atoms with Crippen molar-refractivity contribution >= 4 is 45.5 Å². The minimum atomic E-state index is -0.839. The van der Waals surface area contributed by atoms with E-state index in [2.05, 4.69) is 4.98 Å². The average Bonchev–Trinajstić information content (AvgIpc) is 3.09. The van der Waals surface area contributed by atoms with Crippen molar-refractivity contribution in [3.8, 4) is 0 Å². The molecule has 6 heteroatoms. The molecule has 1 unspecified atom stereocenters. The van der Waals surface area contributed by atoms with Crippen LogP contribution in [-0.4, -0.2) is 21.8 Å². The van der Waals surface area contributed by atoms with E-state index in [9.17, 15) is 14.7 Å². The highest BCUT2D eigenvalue weighted by Crippen LogP contribution is 2.44. The van der Waals surface area contributed by atoms with Crippen LogP contribution in [0.25, 0.3) is 16.5 Å². The zero-order chi connectivity index (χ0) is 22.2. The first kappa shape index (κ1) is 20.0. The number of hydrogen-bond donors (Lipinski definition) is 1. The molecule has 2 heterocycles.